The summed E-state index contributed by atoms with van der Waals surface area (Å²) in [5.41, 5.74) is 4.36. The van der Waals surface area contributed by atoms with Crippen molar-refractivity contribution in [3.05, 3.63) is 40.6 Å². The summed E-state index contributed by atoms with van der Waals surface area (Å²) in [6, 6.07) is 1.82. The number of hydrogen-bond acceptors (Lipinski definition) is 5. The van der Waals surface area contributed by atoms with Crippen LogP contribution >= 0.6 is 0 Å². The lowest BCUT2D eigenvalue weighted by atomic mass is 9.73. The van der Waals surface area contributed by atoms with Crippen molar-refractivity contribution in [2.45, 2.75) is 51.9 Å². The third kappa shape index (κ3) is 2.71. The van der Waals surface area contributed by atoms with Gasteiger partial charge in [-0.3, -0.25) is 14.8 Å². The van der Waals surface area contributed by atoms with Crippen molar-refractivity contribution in [2.24, 2.45) is 11.8 Å². The number of carbonyl (C=O) groups is 1. The highest BCUT2D eigenvalue weighted by molar-refractivity contribution is 5.92. The maximum atomic E-state index is 12.5. The molecule has 5 rings (SSSR count). The van der Waals surface area contributed by atoms with Crippen LogP contribution in [0.2, 0.25) is 0 Å². The van der Waals surface area contributed by atoms with Gasteiger partial charge in [0.2, 0.25) is 0 Å². The van der Waals surface area contributed by atoms with E-state index in [9.17, 15) is 4.79 Å². The molecule has 0 unspecified atom stereocenters. The zero-order chi connectivity index (χ0) is 19.5. The Hall–Kier alpha value is -2.12. The number of furan rings is 1. The van der Waals surface area contributed by atoms with Crippen molar-refractivity contribution in [3.8, 4) is 0 Å². The smallest absolute Gasteiger partial charge is 0.287 e. The fourth-order valence-electron chi connectivity index (χ4n) is 5.61. The first-order valence-electron chi connectivity index (χ1n) is 10.2. The van der Waals surface area contributed by atoms with Crippen LogP contribution < -0.4 is 5.32 Å². The second-order valence-corrected chi connectivity index (χ2v) is 8.76. The quantitative estimate of drug-likeness (QED) is 0.827. The van der Waals surface area contributed by atoms with E-state index in [1.807, 2.05) is 13.0 Å². The van der Waals surface area contributed by atoms with Gasteiger partial charge in [0.15, 0.2) is 5.76 Å². The topological polar surface area (TPSA) is 83.4 Å². The maximum Gasteiger partial charge on any atom is 0.287 e. The number of nitrogens with zero attached hydrogens (tertiary/aromatic N) is 2. The van der Waals surface area contributed by atoms with Crippen LogP contribution in [0, 0.1) is 32.6 Å². The number of nitrogens with one attached hydrogen (secondary N) is 2. The highest BCUT2D eigenvalue weighted by Crippen LogP contribution is 2.54. The van der Waals surface area contributed by atoms with E-state index in [2.05, 4.69) is 34.3 Å². The molecular weight excluding hydrogens is 356 g/mol. The van der Waals surface area contributed by atoms with Crippen molar-refractivity contribution in [1.29, 1.82) is 0 Å². The molecule has 3 aliphatic rings. The summed E-state index contributed by atoms with van der Waals surface area (Å²) in [6.07, 6.45) is 4.05. The molecule has 7 nitrogen and oxygen atoms in total. The molecule has 0 aliphatic carbocycles. The van der Waals surface area contributed by atoms with Crippen LogP contribution in [0.5, 0.6) is 0 Å². The van der Waals surface area contributed by atoms with E-state index in [1.54, 1.807) is 6.26 Å². The zero-order valence-electron chi connectivity index (χ0n) is 16.7. The first-order chi connectivity index (χ1) is 13.5. The van der Waals surface area contributed by atoms with Crippen molar-refractivity contribution >= 4 is 5.91 Å². The maximum absolute atomic E-state index is 12.5. The third-order valence-corrected chi connectivity index (χ3v) is 7.08. The van der Waals surface area contributed by atoms with E-state index >= 15 is 0 Å². The Balaban J connectivity index is 1.27. The number of aryl methyl sites for hydroxylation is 3. The van der Waals surface area contributed by atoms with E-state index in [1.165, 1.54) is 5.56 Å². The van der Waals surface area contributed by atoms with E-state index in [0.717, 1.165) is 49.4 Å². The number of carbonyl (C=O) groups excluding carboxylic acids is 1. The van der Waals surface area contributed by atoms with Crippen LogP contribution in [0.15, 0.2) is 16.7 Å². The predicted molar refractivity (Wildman–Crippen MR) is 103 cm³/mol. The van der Waals surface area contributed by atoms with Crippen LogP contribution in [0.3, 0.4) is 0 Å². The molecule has 2 aromatic rings. The standard InChI is InChI=1S/C21H28N4O3/c1-12-5-7-27-19(12)20(26)22-8-15-17-10-25(9-16-13(2)23-24-14(16)3)11-21(17)6-4-18(15)28-21/h5,7,15,17-18H,4,6,8-11H2,1-3H3,(H,22,26)(H,23,24)/t15-,17+,18+,21+/m0/s1. The minimum absolute atomic E-state index is 0.0355. The number of likely N-dealkylation sites (tertiary alicyclic amines) is 1. The molecule has 1 spiro atoms. The highest BCUT2D eigenvalue weighted by atomic mass is 16.5. The second-order valence-electron chi connectivity index (χ2n) is 8.76. The van der Waals surface area contributed by atoms with Crippen LogP contribution in [0.25, 0.3) is 0 Å². The summed E-state index contributed by atoms with van der Waals surface area (Å²) in [6.45, 7) is 9.58. The van der Waals surface area contributed by atoms with Gasteiger partial charge < -0.3 is 14.5 Å². The van der Waals surface area contributed by atoms with Gasteiger partial charge in [-0.1, -0.05) is 0 Å². The Kier molecular flexibility index (Phi) is 4.14. The Labute approximate surface area is 164 Å². The number of aromatic nitrogens is 2. The fraction of sp³-hybridized carbons (Fsp3) is 0.619. The molecule has 5 heterocycles. The molecule has 28 heavy (non-hydrogen) atoms. The average Bonchev–Trinajstić information content (AvgIpc) is 3.45. The number of hydrogen-bond donors (Lipinski definition) is 2. The summed E-state index contributed by atoms with van der Waals surface area (Å²) >= 11 is 0. The van der Waals surface area contributed by atoms with Crippen molar-refractivity contribution in [3.63, 3.8) is 0 Å². The molecular formula is C21H28N4O3. The van der Waals surface area contributed by atoms with Gasteiger partial charge in [0.05, 0.1) is 23.7 Å². The normalized spacial score (nSPS) is 31.5. The van der Waals surface area contributed by atoms with Gasteiger partial charge in [-0.05, 0) is 39.7 Å². The Morgan fingerprint density at radius 3 is 3.00 bits per heavy atom. The summed E-state index contributed by atoms with van der Waals surface area (Å²) in [5.74, 6) is 1.12. The first kappa shape index (κ1) is 17.9. The van der Waals surface area contributed by atoms with Crippen molar-refractivity contribution in [1.82, 2.24) is 20.4 Å². The third-order valence-electron chi connectivity index (χ3n) is 7.08. The van der Waals surface area contributed by atoms with Gasteiger partial charge in [0.25, 0.3) is 5.91 Å². The molecule has 2 bridgehead atoms. The van der Waals surface area contributed by atoms with E-state index in [-0.39, 0.29) is 17.6 Å². The Bertz CT molecular complexity index is 884. The minimum Gasteiger partial charge on any atom is -0.459 e. The summed E-state index contributed by atoms with van der Waals surface area (Å²) in [7, 11) is 0. The number of aromatic amines is 1. The molecule has 4 atom stereocenters. The lowest BCUT2D eigenvalue weighted by molar-refractivity contribution is 0.00208. The van der Waals surface area contributed by atoms with Crippen LogP contribution in [0.1, 0.15) is 45.9 Å². The molecule has 1 amide bonds. The van der Waals surface area contributed by atoms with Gasteiger partial charge in [0, 0.05) is 54.8 Å². The van der Waals surface area contributed by atoms with E-state index < -0.39 is 0 Å². The summed E-state index contributed by atoms with van der Waals surface area (Å²) in [5, 5.41) is 10.5. The van der Waals surface area contributed by atoms with Gasteiger partial charge in [-0.2, -0.15) is 5.10 Å². The monoisotopic (exact) mass is 384 g/mol. The molecule has 150 valence electrons. The van der Waals surface area contributed by atoms with Crippen molar-refractivity contribution < 1.29 is 13.9 Å². The molecule has 0 radical (unpaired) electrons. The second kappa shape index (κ2) is 6.46. The Morgan fingerprint density at radius 1 is 1.43 bits per heavy atom. The average molecular weight is 384 g/mol. The zero-order valence-corrected chi connectivity index (χ0v) is 16.7. The molecule has 0 saturated carbocycles. The number of ether oxygens (including phenoxy) is 1. The lowest BCUT2D eigenvalue weighted by Gasteiger charge is -2.29. The minimum atomic E-state index is -0.126. The van der Waals surface area contributed by atoms with Gasteiger partial charge in [0.1, 0.15) is 0 Å². The molecule has 2 aromatic heterocycles. The SMILES string of the molecule is Cc1ccoc1C(=O)NC[C@H]1[C@H]2CN(Cc3c(C)n[nH]c3C)C[C@]23CC[C@H]1O3. The number of rotatable bonds is 5. The van der Waals surface area contributed by atoms with Crippen LogP contribution in [0.4, 0.5) is 0 Å². The van der Waals surface area contributed by atoms with Gasteiger partial charge in [-0.15, -0.1) is 0 Å². The number of H-pyrrole nitrogens is 1. The molecule has 3 fully saturated rings. The number of amides is 1. The van der Waals surface area contributed by atoms with E-state index in [4.69, 9.17) is 9.15 Å². The summed E-state index contributed by atoms with van der Waals surface area (Å²) in [4.78, 5) is 15.0. The largest absolute Gasteiger partial charge is 0.459 e. The molecule has 7 heteroatoms. The molecule has 3 saturated heterocycles. The van der Waals surface area contributed by atoms with Crippen LogP contribution in [-0.4, -0.2) is 52.3 Å². The molecule has 0 aromatic carbocycles. The molecule has 2 N–H and O–H groups in total. The first-order valence-corrected chi connectivity index (χ1v) is 10.2. The highest BCUT2D eigenvalue weighted by Gasteiger charge is 2.62. The molecule has 3 aliphatic heterocycles. The number of fused-ring (bicyclic) bond motifs is 1. The Morgan fingerprint density at radius 2 is 2.29 bits per heavy atom. The van der Waals surface area contributed by atoms with Gasteiger partial charge in [-0.25, -0.2) is 0 Å². The predicted octanol–water partition coefficient (Wildman–Crippen LogP) is 2.34. The lowest BCUT2D eigenvalue weighted by Crippen LogP contribution is -2.41. The summed E-state index contributed by atoms with van der Waals surface area (Å²) < 4.78 is 11.8. The van der Waals surface area contributed by atoms with E-state index in [0.29, 0.717) is 24.1 Å². The van der Waals surface area contributed by atoms with Crippen molar-refractivity contribution in [2.75, 3.05) is 19.6 Å². The van der Waals surface area contributed by atoms with Gasteiger partial charge >= 0.3 is 0 Å². The van der Waals surface area contributed by atoms with Crippen LogP contribution in [-0.2, 0) is 11.3 Å². The fourth-order valence-corrected chi connectivity index (χ4v) is 5.61.